The van der Waals surface area contributed by atoms with Gasteiger partial charge >= 0.3 is 13.8 Å². The number of hydrogen-bond acceptors (Lipinski definition) is 24. The smallest absolute Gasteiger partial charge is 0.474 e. The van der Waals surface area contributed by atoms with Crippen LogP contribution in [-0.4, -0.2) is 205 Å². The van der Waals surface area contributed by atoms with Gasteiger partial charge in [0.25, 0.3) is 0 Å². The number of phosphoric acid groups is 1. The fourth-order valence-corrected chi connectivity index (χ4v) is 12.5. The molecule has 3 aromatic carbocycles. The summed E-state index contributed by atoms with van der Waals surface area (Å²) in [6.07, 6.45) is -13.7. The van der Waals surface area contributed by atoms with E-state index in [4.69, 9.17) is 60.2 Å². The maximum Gasteiger partial charge on any atom is 0.474 e. The van der Waals surface area contributed by atoms with E-state index < -0.39 is 155 Å². The molecule has 31 heteroatoms. The molecule has 5 aliphatic rings. The van der Waals surface area contributed by atoms with Crippen molar-refractivity contribution in [3.63, 3.8) is 0 Å². The van der Waals surface area contributed by atoms with Gasteiger partial charge in [0.1, 0.15) is 71.8 Å². The van der Waals surface area contributed by atoms with Gasteiger partial charge in [-0.3, -0.25) is 23.4 Å². The summed E-state index contributed by atoms with van der Waals surface area (Å²) >= 11 is 5.50. The van der Waals surface area contributed by atoms with Crippen molar-refractivity contribution >= 4 is 54.5 Å². The van der Waals surface area contributed by atoms with E-state index in [-0.39, 0.29) is 59.0 Å². The first-order valence-electron chi connectivity index (χ1n) is 29.7. The average molecular weight is 1330 g/mol. The molecule has 1 saturated carbocycles. The minimum absolute atomic E-state index is 0.121. The van der Waals surface area contributed by atoms with Crippen molar-refractivity contribution in [1.82, 2.24) is 16.0 Å². The van der Waals surface area contributed by atoms with Gasteiger partial charge in [0.2, 0.25) is 17.7 Å². The molecule has 504 valence electrons. The number of benzene rings is 3. The Hall–Kier alpha value is -6.52. The maximum atomic E-state index is 13.7. The molecule has 4 heterocycles. The van der Waals surface area contributed by atoms with Crippen LogP contribution in [0.3, 0.4) is 0 Å². The van der Waals surface area contributed by atoms with Gasteiger partial charge in [-0.1, -0.05) is 41.0 Å². The normalized spacial score (nSPS) is 28.9. The zero-order chi connectivity index (χ0) is 66.9. The molecule has 0 radical (unpaired) electrons. The number of nitrogens with two attached hydrogens (primary N) is 1. The second-order valence-electron chi connectivity index (χ2n) is 23.3. The summed E-state index contributed by atoms with van der Waals surface area (Å²) in [5.74, 6) is -4.71. The van der Waals surface area contributed by atoms with Crippen molar-refractivity contribution < 1.29 is 117 Å². The summed E-state index contributed by atoms with van der Waals surface area (Å²) in [5, 5.41) is 109. The third-order valence-corrected chi connectivity index (χ3v) is 17.4. The Morgan fingerprint density at radius 1 is 0.750 bits per heavy atom. The lowest BCUT2D eigenvalue weighted by Crippen LogP contribution is -2.70. The van der Waals surface area contributed by atoms with Gasteiger partial charge in [0, 0.05) is 54.0 Å². The second-order valence-corrected chi connectivity index (χ2v) is 25.1. The Kier molecular flexibility index (Phi) is 24.2. The molecule has 92 heavy (non-hydrogen) atoms. The molecule has 2 saturated heterocycles. The van der Waals surface area contributed by atoms with Gasteiger partial charge in [-0.15, -0.1) is 0 Å². The SMILES string of the molecule is CC(=O)NC1[C@H](OC2[C@@H](OP(=O)(O)OCCOC/C=C(/C)CC/C=C(\C)CCC=C(C)C)OC(C(N)=O)[C@H](O)[C@@H]2O)OC(CO)[C@@H](O[C@@H]2CC(CO)[C@H](O)[C@H](O)C2NC(=O)CNC(=S)Nc2ccc3c(c2)C(=O)OC32c3ccc(O)cc3Oc3cc(O)ccc32)[C@@H]1O. The molecule has 4 aliphatic heterocycles. The van der Waals surface area contributed by atoms with E-state index in [9.17, 15) is 74.6 Å². The largest absolute Gasteiger partial charge is 0.508 e. The lowest BCUT2D eigenvalue weighted by Gasteiger charge is -2.49. The number of aliphatic hydroxyl groups is 7. The summed E-state index contributed by atoms with van der Waals surface area (Å²) in [5.41, 5.74) is 9.09. The fourth-order valence-electron chi connectivity index (χ4n) is 11.5. The van der Waals surface area contributed by atoms with Gasteiger partial charge in [-0.2, -0.15) is 0 Å². The number of primary amides is 1. The first-order chi connectivity index (χ1) is 43.6. The summed E-state index contributed by atoms with van der Waals surface area (Å²) < 4.78 is 65.3. The number of carbonyl (C=O) groups is 4. The van der Waals surface area contributed by atoms with E-state index in [0.29, 0.717) is 16.7 Å². The van der Waals surface area contributed by atoms with Gasteiger partial charge < -0.3 is 111 Å². The topological polar surface area (TPSA) is 445 Å². The highest BCUT2D eigenvalue weighted by Gasteiger charge is 2.57. The summed E-state index contributed by atoms with van der Waals surface area (Å²) in [7, 11) is -5.25. The zero-order valence-electron chi connectivity index (χ0n) is 51.0. The van der Waals surface area contributed by atoms with E-state index in [1.54, 1.807) is 24.3 Å². The van der Waals surface area contributed by atoms with Crippen LogP contribution >= 0.6 is 20.0 Å². The van der Waals surface area contributed by atoms with E-state index >= 15 is 0 Å². The van der Waals surface area contributed by atoms with Gasteiger partial charge in [0.05, 0.1) is 56.8 Å². The number of phenolic OH excluding ortho intramolecular Hbond substituents is 2. The quantitative estimate of drug-likeness (QED) is 0.0177. The Balaban J connectivity index is 0.904. The molecule has 3 amide bonds. The van der Waals surface area contributed by atoms with Crippen molar-refractivity contribution in [2.45, 2.75) is 158 Å². The van der Waals surface area contributed by atoms with Crippen LogP contribution in [0.2, 0.25) is 0 Å². The number of amides is 3. The van der Waals surface area contributed by atoms with Crippen LogP contribution in [0.15, 0.2) is 89.5 Å². The van der Waals surface area contributed by atoms with Gasteiger partial charge in [-0.05, 0) is 108 Å². The van der Waals surface area contributed by atoms with Crippen molar-refractivity contribution in [2.75, 3.05) is 44.9 Å². The van der Waals surface area contributed by atoms with E-state index in [1.165, 1.54) is 41.5 Å². The number of allylic oxidation sites excluding steroid dienone is 5. The molecule has 16 N–H and O–H groups in total. The number of anilines is 1. The third kappa shape index (κ3) is 16.9. The van der Waals surface area contributed by atoms with Crippen molar-refractivity contribution in [1.29, 1.82) is 0 Å². The van der Waals surface area contributed by atoms with Crippen LogP contribution in [0.4, 0.5) is 5.69 Å². The van der Waals surface area contributed by atoms with Crippen LogP contribution in [0, 0.1) is 5.92 Å². The number of phenols is 2. The lowest BCUT2D eigenvalue weighted by molar-refractivity contribution is -0.345. The molecule has 1 aliphatic carbocycles. The van der Waals surface area contributed by atoms with Crippen molar-refractivity contribution in [3.8, 4) is 23.0 Å². The van der Waals surface area contributed by atoms with Crippen LogP contribution in [0.5, 0.6) is 23.0 Å². The average Bonchev–Trinajstić information content (AvgIpc) is 1.47. The van der Waals surface area contributed by atoms with Gasteiger partial charge in [-0.25, -0.2) is 9.36 Å². The molecule has 7 unspecified atom stereocenters. The molecule has 8 rings (SSSR count). The molecule has 3 aromatic rings. The number of thiocarbonyl (C=S) groups is 1. The van der Waals surface area contributed by atoms with Crippen LogP contribution in [-0.2, 0) is 62.0 Å². The number of hydrogen-bond donors (Lipinski definition) is 15. The highest BCUT2D eigenvalue weighted by molar-refractivity contribution is 7.80. The number of ether oxygens (including phenoxy) is 7. The lowest BCUT2D eigenvalue weighted by atomic mass is 9.77. The highest BCUT2D eigenvalue weighted by atomic mass is 32.1. The standard InChI is InChI=1S/C61H80N5O24PS/c1-29(2)8-6-9-30(3)10-7-11-31(4)18-19-82-20-21-83-91(80,81)90-59-55(52(77)51(76)54(87-59)56(62)78)88-58-47(64-32(5)69)50(75)53(44(28-68)86-58)85-43-22-33(27-67)48(73)49(74)46(43)66-45(72)26-63-60(92)65-34-12-15-38-37(23-34)57(79)89-61(38)39-16-13-35(70)24-41(39)84-42-25-36(71)14-17-40(42)61/h8,10,12-18,23-25,33,43-44,46-55,58-59,67-68,70-71,73-77H,6-7,9,11,19-22,26-28H2,1-5H3,(H2,62,78)(H,64,69)(H,66,72)(H,80,81)(H2,63,65,92)/b30-10+,31-18-/t33?,43-,44?,46?,47?,48+,49-,50-,51-,52+,53-,54?,55?,58+,59-/m1/s1. The van der Waals surface area contributed by atoms with E-state index in [1.807, 2.05) is 13.0 Å². The predicted molar refractivity (Wildman–Crippen MR) is 327 cm³/mol. The number of esters is 1. The summed E-state index contributed by atoms with van der Waals surface area (Å²) in [4.78, 5) is 63.5. The second kappa shape index (κ2) is 31.1. The van der Waals surface area contributed by atoms with E-state index in [2.05, 4.69) is 54.2 Å². The molecule has 1 spiro atoms. The van der Waals surface area contributed by atoms with Crippen molar-refractivity contribution in [2.24, 2.45) is 11.7 Å². The first kappa shape index (κ1) is 71.3. The Labute approximate surface area is 534 Å². The Bertz CT molecular complexity index is 3260. The minimum Gasteiger partial charge on any atom is -0.508 e. The number of rotatable bonds is 26. The monoisotopic (exact) mass is 1330 g/mol. The van der Waals surface area contributed by atoms with Crippen LogP contribution in [0.1, 0.15) is 93.8 Å². The number of aliphatic hydroxyl groups excluding tert-OH is 7. The number of phosphoric ester groups is 1. The number of nitrogens with one attached hydrogen (secondary N) is 4. The number of carbonyl (C=O) groups excluding carboxylic acids is 4. The minimum atomic E-state index is -5.25. The predicted octanol–water partition coefficient (Wildman–Crippen LogP) is 1.39. The first-order valence-corrected chi connectivity index (χ1v) is 31.6. The molecular weight excluding hydrogens is 1250 g/mol. The molecule has 29 nitrogen and oxygen atoms in total. The number of aromatic hydroxyl groups is 2. The molecule has 0 aromatic heterocycles. The molecule has 16 atom stereocenters. The van der Waals surface area contributed by atoms with Crippen molar-refractivity contribution in [3.05, 3.63) is 112 Å². The highest BCUT2D eigenvalue weighted by Crippen LogP contribution is 2.57. The number of fused-ring (bicyclic) bond motifs is 6. The summed E-state index contributed by atoms with van der Waals surface area (Å²) in [6.45, 7) is 6.32. The van der Waals surface area contributed by atoms with Gasteiger partial charge in [0.15, 0.2) is 29.4 Å². The molecule has 3 fully saturated rings. The maximum absolute atomic E-state index is 13.7. The Morgan fingerprint density at radius 2 is 1.40 bits per heavy atom. The molecular formula is C61H80N5O24PS. The van der Waals surface area contributed by atoms with Crippen LogP contribution < -0.4 is 31.7 Å². The molecule has 0 bridgehead atoms. The fraction of sp³-hybridized carbons (Fsp3) is 0.525. The van der Waals surface area contributed by atoms with Crippen LogP contribution in [0.25, 0.3) is 0 Å². The zero-order valence-corrected chi connectivity index (χ0v) is 52.7. The third-order valence-electron chi connectivity index (χ3n) is 16.2. The van der Waals surface area contributed by atoms with E-state index in [0.717, 1.165) is 38.2 Å². The summed E-state index contributed by atoms with van der Waals surface area (Å²) in [6, 6.07) is 10.0. The Morgan fingerprint density at radius 3 is 2.03 bits per heavy atom.